The second-order valence-electron chi connectivity index (χ2n) is 7.56. The fourth-order valence-electron chi connectivity index (χ4n) is 3.43. The average Bonchev–Trinajstić information content (AvgIpc) is 3.20. The van der Waals surface area contributed by atoms with E-state index in [9.17, 15) is 9.59 Å². The van der Waals surface area contributed by atoms with Crippen LogP contribution >= 0.6 is 34.8 Å². The molecular weight excluding hydrogens is 485 g/mol. The van der Waals surface area contributed by atoms with Gasteiger partial charge in [-0.15, -0.1) is 0 Å². The Hall–Kier alpha value is -2.93. The summed E-state index contributed by atoms with van der Waals surface area (Å²) in [5.74, 6) is -0.344. The molecule has 3 aromatic rings. The molecule has 0 spiro atoms. The fraction of sp³-hybridized carbons (Fsp3) is 0.167. The number of carbonyl (C=O) groups is 2. The van der Waals surface area contributed by atoms with Crippen molar-refractivity contribution in [2.75, 3.05) is 16.9 Å². The van der Waals surface area contributed by atoms with Gasteiger partial charge in [0.1, 0.15) is 12.4 Å². The molecule has 33 heavy (non-hydrogen) atoms. The first-order chi connectivity index (χ1) is 15.9. The number of anilines is 2. The molecule has 0 aromatic heterocycles. The number of nitrogens with zero attached hydrogens (tertiary/aromatic N) is 1. The number of ether oxygens (including phenoxy) is 1. The van der Waals surface area contributed by atoms with Gasteiger partial charge in [0, 0.05) is 28.7 Å². The summed E-state index contributed by atoms with van der Waals surface area (Å²) in [4.78, 5) is 26.5. The van der Waals surface area contributed by atoms with Crippen LogP contribution < -0.4 is 20.5 Å². The molecule has 9 heteroatoms. The number of nitrogens with one attached hydrogen (secondary N) is 2. The molecule has 1 aliphatic rings. The minimum atomic E-state index is -0.474. The first-order valence-corrected chi connectivity index (χ1v) is 11.3. The molecule has 4 rings (SSSR count). The van der Waals surface area contributed by atoms with Gasteiger partial charge in [0.15, 0.2) is 0 Å². The zero-order valence-electron chi connectivity index (χ0n) is 17.4. The van der Waals surface area contributed by atoms with Crippen molar-refractivity contribution in [3.63, 3.8) is 0 Å². The van der Waals surface area contributed by atoms with E-state index in [-0.39, 0.29) is 18.2 Å². The van der Waals surface area contributed by atoms with E-state index in [2.05, 4.69) is 10.9 Å². The number of benzene rings is 3. The lowest BCUT2D eigenvalue weighted by molar-refractivity contribution is -0.125. The lowest BCUT2D eigenvalue weighted by Gasteiger charge is -2.17. The van der Waals surface area contributed by atoms with Gasteiger partial charge >= 0.3 is 0 Å². The average molecular weight is 505 g/mol. The molecule has 1 aliphatic heterocycles. The van der Waals surface area contributed by atoms with Gasteiger partial charge in [-0.05, 0) is 60.2 Å². The Balaban J connectivity index is 1.30. The van der Waals surface area contributed by atoms with Gasteiger partial charge in [-0.1, -0.05) is 46.9 Å². The highest BCUT2D eigenvalue weighted by molar-refractivity contribution is 6.32. The van der Waals surface area contributed by atoms with Gasteiger partial charge in [-0.3, -0.25) is 20.4 Å². The maximum atomic E-state index is 12.6. The van der Waals surface area contributed by atoms with Crippen LogP contribution in [0.1, 0.15) is 12.0 Å². The van der Waals surface area contributed by atoms with Crippen molar-refractivity contribution in [1.29, 1.82) is 0 Å². The smallest absolute Gasteiger partial charge is 0.243 e. The largest absolute Gasteiger partial charge is 0.487 e. The Bertz CT molecular complexity index is 1150. The quantitative estimate of drug-likeness (QED) is 0.404. The van der Waals surface area contributed by atoms with Crippen molar-refractivity contribution < 1.29 is 14.3 Å². The van der Waals surface area contributed by atoms with E-state index in [4.69, 9.17) is 39.5 Å². The third-order valence-electron chi connectivity index (χ3n) is 5.20. The predicted molar refractivity (Wildman–Crippen MR) is 131 cm³/mol. The van der Waals surface area contributed by atoms with Crippen LogP contribution in [0.15, 0.2) is 66.7 Å². The number of hydrogen-bond acceptors (Lipinski definition) is 4. The summed E-state index contributed by atoms with van der Waals surface area (Å²) in [5.41, 5.74) is 7.76. The highest BCUT2D eigenvalue weighted by Gasteiger charge is 2.35. The van der Waals surface area contributed by atoms with E-state index in [0.717, 1.165) is 5.56 Å². The van der Waals surface area contributed by atoms with E-state index in [1.165, 1.54) is 0 Å². The number of hydrogen-bond donors (Lipinski definition) is 2. The molecule has 0 unspecified atom stereocenters. The molecule has 0 saturated carbocycles. The van der Waals surface area contributed by atoms with Gasteiger partial charge in [-0.25, -0.2) is 0 Å². The number of hydrazine groups is 1. The number of rotatable bonds is 7. The SMILES string of the molecule is O=C(NNc1ccc(OCc2ccc(Cl)cc2)c(Cl)c1)[C@H]1CC(=O)N(c2ccc(Cl)cc2)C1. The number of halogens is 3. The molecule has 0 aliphatic carbocycles. The number of amides is 2. The molecule has 1 saturated heterocycles. The van der Waals surface area contributed by atoms with Crippen LogP contribution in [0, 0.1) is 5.92 Å². The lowest BCUT2D eigenvalue weighted by atomic mass is 10.1. The van der Waals surface area contributed by atoms with E-state index < -0.39 is 5.92 Å². The Morgan fingerprint density at radius 1 is 0.970 bits per heavy atom. The molecule has 170 valence electrons. The molecule has 0 radical (unpaired) electrons. The van der Waals surface area contributed by atoms with Crippen LogP contribution in [0.2, 0.25) is 15.1 Å². The Labute approximate surface area is 206 Å². The Morgan fingerprint density at radius 2 is 1.64 bits per heavy atom. The van der Waals surface area contributed by atoms with Gasteiger partial charge < -0.3 is 9.64 Å². The summed E-state index contributed by atoms with van der Waals surface area (Å²) in [7, 11) is 0. The minimum Gasteiger partial charge on any atom is -0.487 e. The maximum Gasteiger partial charge on any atom is 0.243 e. The summed E-state index contributed by atoms with van der Waals surface area (Å²) < 4.78 is 5.76. The second-order valence-corrected chi connectivity index (χ2v) is 8.84. The van der Waals surface area contributed by atoms with Gasteiger partial charge in [0.25, 0.3) is 0 Å². The van der Waals surface area contributed by atoms with Crippen molar-refractivity contribution in [2.24, 2.45) is 5.92 Å². The van der Waals surface area contributed by atoms with Crippen LogP contribution in [0.4, 0.5) is 11.4 Å². The van der Waals surface area contributed by atoms with Gasteiger partial charge in [0.05, 0.1) is 16.6 Å². The summed E-state index contributed by atoms with van der Waals surface area (Å²) in [6.07, 6.45) is 0.133. The molecule has 2 amide bonds. The third kappa shape index (κ3) is 5.90. The zero-order chi connectivity index (χ0) is 23.4. The first-order valence-electron chi connectivity index (χ1n) is 10.2. The Kier molecular flexibility index (Phi) is 7.28. The third-order valence-corrected chi connectivity index (χ3v) is 6.00. The molecule has 3 aromatic carbocycles. The Morgan fingerprint density at radius 3 is 2.30 bits per heavy atom. The molecule has 1 heterocycles. The topological polar surface area (TPSA) is 70.7 Å². The molecule has 2 N–H and O–H groups in total. The molecular formula is C24H20Cl3N3O3. The maximum absolute atomic E-state index is 12.6. The molecule has 1 atom stereocenters. The summed E-state index contributed by atoms with van der Waals surface area (Å²) in [5, 5.41) is 1.64. The first kappa shape index (κ1) is 23.2. The van der Waals surface area contributed by atoms with Crippen molar-refractivity contribution >= 4 is 58.0 Å². The van der Waals surface area contributed by atoms with Crippen molar-refractivity contribution in [3.05, 3.63) is 87.4 Å². The fourth-order valence-corrected chi connectivity index (χ4v) is 3.91. The summed E-state index contributed by atoms with van der Waals surface area (Å²) >= 11 is 18.1. The monoisotopic (exact) mass is 503 g/mol. The molecule has 1 fully saturated rings. The van der Waals surface area contributed by atoms with E-state index in [1.54, 1.807) is 59.5 Å². The van der Waals surface area contributed by atoms with Crippen LogP contribution in [-0.2, 0) is 16.2 Å². The van der Waals surface area contributed by atoms with Crippen LogP contribution in [0.5, 0.6) is 5.75 Å². The van der Waals surface area contributed by atoms with Crippen LogP contribution in [-0.4, -0.2) is 18.4 Å². The van der Waals surface area contributed by atoms with Gasteiger partial charge in [0.2, 0.25) is 11.8 Å². The van der Waals surface area contributed by atoms with E-state index in [1.807, 2.05) is 12.1 Å². The van der Waals surface area contributed by atoms with Crippen LogP contribution in [0.3, 0.4) is 0 Å². The molecule has 6 nitrogen and oxygen atoms in total. The second kappa shape index (κ2) is 10.3. The number of carbonyl (C=O) groups excluding carboxylic acids is 2. The lowest BCUT2D eigenvalue weighted by Crippen LogP contribution is -2.36. The predicted octanol–water partition coefficient (Wildman–Crippen LogP) is 5.72. The molecule has 0 bridgehead atoms. The van der Waals surface area contributed by atoms with Crippen molar-refractivity contribution in [2.45, 2.75) is 13.0 Å². The van der Waals surface area contributed by atoms with Crippen LogP contribution in [0.25, 0.3) is 0 Å². The normalized spacial score (nSPS) is 15.4. The zero-order valence-corrected chi connectivity index (χ0v) is 19.6. The van der Waals surface area contributed by atoms with Crippen molar-refractivity contribution in [1.82, 2.24) is 5.43 Å². The minimum absolute atomic E-state index is 0.109. The van der Waals surface area contributed by atoms with E-state index >= 15 is 0 Å². The highest BCUT2D eigenvalue weighted by Crippen LogP contribution is 2.29. The summed E-state index contributed by atoms with van der Waals surface area (Å²) in [6, 6.07) is 19.4. The highest BCUT2D eigenvalue weighted by atomic mass is 35.5. The standard InChI is InChI=1S/C24H20Cl3N3O3/c25-17-3-1-15(2-4-17)14-33-22-10-7-19(12-21(22)27)28-29-24(32)16-11-23(31)30(13-16)20-8-5-18(26)6-9-20/h1-10,12,16,28H,11,13-14H2,(H,29,32)/t16-/m0/s1. The van der Waals surface area contributed by atoms with Crippen molar-refractivity contribution in [3.8, 4) is 5.75 Å². The summed E-state index contributed by atoms with van der Waals surface area (Å²) in [6.45, 7) is 0.645. The van der Waals surface area contributed by atoms with Gasteiger partial charge in [-0.2, -0.15) is 0 Å². The van der Waals surface area contributed by atoms with E-state index in [0.29, 0.717) is 45.3 Å².